The van der Waals surface area contributed by atoms with Gasteiger partial charge in [0.25, 0.3) is 0 Å². The zero-order valence-electron chi connectivity index (χ0n) is 12.6. The first kappa shape index (κ1) is 14.6. The van der Waals surface area contributed by atoms with Crippen LogP contribution in [0.25, 0.3) is 0 Å². The molecular weight excluding hydrogens is 230 g/mol. The van der Waals surface area contributed by atoms with E-state index in [1.807, 2.05) is 0 Å². The van der Waals surface area contributed by atoms with Crippen LogP contribution in [-0.4, -0.2) is 6.04 Å². The lowest BCUT2D eigenvalue weighted by molar-refractivity contribution is 0.403. The molecule has 0 radical (unpaired) electrons. The molecule has 1 aromatic carbocycles. The van der Waals surface area contributed by atoms with Crippen LogP contribution in [0.1, 0.15) is 76.0 Å². The van der Waals surface area contributed by atoms with E-state index in [0.29, 0.717) is 12.1 Å². The molecule has 2 atom stereocenters. The highest BCUT2D eigenvalue weighted by molar-refractivity contribution is 5.31. The summed E-state index contributed by atoms with van der Waals surface area (Å²) in [6, 6.07) is 10.2. The third kappa shape index (κ3) is 4.35. The second-order valence-corrected chi connectivity index (χ2v) is 6.06. The van der Waals surface area contributed by atoms with Crippen molar-refractivity contribution in [1.29, 1.82) is 0 Å². The van der Waals surface area contributed by atoms with E-state index in [0.717, 1.165) is 0 Å². The van der Waals surface area contributed by atoms with Crippen LogP contribution in [-0.2, 0) is 6.42 Å². The number of aryl methyl sites for hydroxylation is 1. The summed E-state index contributed by atoms with van der Waals surface area (Å²) in [6.45, 7) is 4.63. The molecule has 0 aromatic heterocycles. The van der Waals surface area contributed by atoms with Crippen LogP contribution in [0.15, 0.2) is 24.3 Å². The van der Waals surface area contributed by atoms with Gasteiger partial charge in [0.15, 0.2) is 0 Å². The molecule has 0 amide bonds. The van der Waals surface area contributed by atoms with E-state index < -0.39 is 0 Å². The average molecular weight is 259 g/mol. The molecule has 106 valence electrons. The van der Waals surface area contributed by atoms with Crippen LogP contribution in [0.3, 0.4) is 0 Å². The van der Waals surface area contributed by atoms with E-state index in [4.69, 9.17) is 0 Å². The molecule has 2 rings (SSSR count). The molecule has 0 spiro atoms. The van der Waals surface area contributed by atoms with Crippen molar-refractivity contribution in [2.45, 2.75) is 77.3 Å². The minimum absolute atomic E-state index is 0.579. The second kappa shape index (κ2) is 7.69. The molecule has 0 heterocycles. The van der Waals surface area contributed by atoms with Gasteiger partial charge < -0.3 is 5.32 Å². The molecule has 1 aliphatic carbocycles. The zero-order chi connectivity index (χ0) is 13.5. The fourth-order valence-corrected chi connectivity index (χ4v) is 3.22. The molecule has 0 saturated heterocycles. The lowest BCUT2D eigenvalue weighted by Gasteiger charge is -2.24. The Balaban J connectivity index is 1.95. The minimum atomic E-state index is 0.579. The standard InChI is InChI=1S/C18H29N/c1-3-4-5-10-15(2)19-18-14-9-7-12-16-11-6-8-13-17(16)18/h6,8,11,13,15,18-19H,3-5,7,9-10,12,14H2,1-2H3. The number of hydrogen-bond acceptors (Lipinski definition) is 1. The Morgan fingerprint density at radius 3 is 2.89 bits per heavy atom. The van der Waals surface area contributed by atoms with Crippen molar-refractivity contribution in [3.05, 3.63) is 35.4 Å². The normalized spacial score (nSPS) is 20.6. The molecule has 1 aromatic rings. The summed E-state index contributed by atoms with van der Waals surface area (Å²) >= 11 is 0. The van der Waals surface area contributed by atoms with Crippen molar-refractivity contribution in [1.82, 2.24) is 5.32 Å². The summed E-state index contributed by atoms with van der Waals surface area (Å²) < 4.78 is 0. The van der Waals surface area contributed by atoms with Crippen molar-refractivity contribution in [3.8, 4) is 0 Å². The molecule has 0 fully saturated rings. The van der Waals surface area contributed by atoms with Crippen LogP contribution in [0.2, 0.25) is 0 Å². The lowest BCUT2D eigenvalue weighted by atomic mass is 9.98. The third-order valence-electron chi connectivity index (χ3n) is 4.35. The Morgan fingerprint density at radius 2 is 2.05 bits per heavy atom. The predicted octanol–water partition coefficient (Wildman–Crippen LogP) is 5.01. The van der Waals surface area contributed by atoms with Gasteiger partial charge in [-0.15, -0.1) is 0 Å². The monoisotopic (exact) mass is 259 g/mol. The Kier molecular flexibility index (Phi) is 5.91. The molecule has 0 bridgehead atoms. The molecule has 1 heteroatoms. The highest BCUT2D eigenvalue weighted by atomic mass is 14.9. The highest BCUT2D eigenvalue weighted by Gasteiger charge is 2.19. The van der Waals surface area contributed by atoms with E-state index in [9.17, 15) is 0 Å². The van der Waals surface area contributed by atoms with Gasteiger partial charge in [-0.25, -0.2) is 0 Å². The van der Waals surface area contributed by atoms with Gasteiger partial charge in [0.2, 0.25) is 0 Å². The summed E-state index contributed by atoms with van der Waals surface area (Å²) in [5.74, 6) is 0. The van der Waals surface area contributed by atoms with E-state index in [1.165, 1.54) is 51.4 Å². The van der Waals surface area contributed by atoms with Crippen molar-refractivity contribution >= 4 is 0 Å². The van der Waals surface area contributed by atoms with Crippen LogP contribution >= 0.6 is 0 Å². The summed E-state index contributed by atoms with van der Waals surface area (Å²) in [7, 11) is 0. The van der Waals surface area contributed by atoms with Crippen molar-refractivity contribution in [3.63, 3.8) is 0 Å². The largest absolute Gasteiger partial charge is 0.307 e. The number of hydrogen-bond donors (Lipinski definition) is 1. The molecule has 0 aliphatic heterocycles. The van der Waals surface area contributed by atoms with Crippen molar-refractivity contribution in [2.24, 2.45) is 0 Å². The van der Waals surface area contributed by atoms with Gasteiger partial charge in [-0.3, -0.25) is 0 Å². The van der Waals surface area contributed by atoms with Gasteiger partial charge in [-0.2, -0.15) is 0 Å². The van der Waals surface area contributed by atoms with Crippen molar-refractivity contribution in [2.75, 3.05) is 0 Å². The van der Waals surface area contributed by atoms with Crippen LogP contribution < -0.4 is 5.32 Å². The van der Waals surface area contributed by atoms with E-state index in [-0.39, 0.29) is 0 Å². The maximum absolute atomic E-state index is 3.87. The van der Waals surface area contributed by atoms with E-state index in [2.05, 4.69) is 43.4 Å². The predicted molar refractivity (Wildman–Crippen MR) is 83.5 cm³/mol. The summed E-state index contributed by atoms with van der Waals surface area (Å²) in [5, 5.41) is 3.87. The lowest BCUT2D eigenvalue weighted by Crippen LogP contribution is -2.30. The smallest absolute Gasteiger partial charge is 0.0325 e. The number of fused-ring (bicyclic) bond motifs is 1. The molecule has 0 saturated carbocycles. The molecule has 1 N–H and O–H groups in total. The topological polar surface area (TPSA) is 12.0 Å². The Labute approximate surface area is 118 Å². The van der Waals surface area contributed by atoms with Crippen LogP contribution in [0.4, 0.5) is 0 Å². The van der Waals surface area contributed by atoms with Gasteiger partial charge in [0, 0.05) is 12.1 Å². The summed E-state index contributed by atoms with van der Waals surface area (Å²) in [6.07, 6.45) is 10.6. The maximum atomic E-state index is 3.87. The first-order chi connectivity index (χ1) is 9.31. The van der Waals surface area contributed by atoms with Gasteiger partial charge in [0.05, 0.1) is 0 Å². The van der Waals surface area contributed by atoms with Crippen LogP contribution in [0, 0.1) is 0 Å². The third-order valence-corrected chi connectivity index (χ3v) is 4.35. The first-order valence-corrected chi connectivity index (χ1v) is 8.15. The zero-order valence-corrected chi connectivity index (χ0v) is 12.6. The summed E-state index contributed by atoms with van der Waals surface area (Å²) in [5.41, 5.74) is 3.13. The molecular formula is C18H29N. The number of nitrogens with one attached hydrogen (secondary N) is 1. The Bertz CT molecular complexity index is 372. The highest BCUT2D eigenvalue weighted by Crippen LogP contribution is 2.29. The minimum Gasteiger partial charge on any atom is -0.307 e. The fourth-order valence-electron chi connectivity index (χ4n) is 3.22. The molecule has 1 aliphatic rings. The Morgan fingerprint density at radius 1 is 1.21 bits per heavy atom. The molecule has 19 heavy (non-hydrogen) atoms. The fraction of sp³-hybridized carbons (Fsp3) is 0.667. The number of benzene rings is 1. The van der Waals surface area contributed by atoms with Crippen molar-refractivity contribution < 1.29 is 0 Å². The van der Waals surface area contributed by atoms with Gasteiger partial charge >= 0.3 is 0 Å². The maximum Gasteiger partial charge on any atom is 0.0325 e. The van der Waals surface area contributed by atoms with Gasteiger partial charge in [0.1, 0.15) is 0 Å². The quantitative estimate of drug-likeness (QED) is 0.559. The van der Waals surface area contributed by atoms with Gasteiger partial charge in [-0.05, 0) is 43.7 Å². The molecule has 2 unspecified atom stereocenters. The van der Waals surface area contributed by atoms with Gasteiger partial charge in [-0.1, -0.05) is 56.9 Å². The second-order valence-electron chi connectivity index (χ2n) is 6.06. The number of rotatable bonds is 6. The summed E-state index contributed by atoms with van der Waals surface area (Å²) in [4.78, 5) is 0. The Hall–Kier alpha value is -0.820. The molecule has 1 nitrogen and oxygen atoms in total. The average Bonchev–Trinajstić information content (AvgIpc) is 2.62. The number of unbranched alkanes of at least 4 members (excludes halogenated alkanes) is 2. The first-order valence-electron chi connectivity index (χ1n) is 8.15. The van der Waals surface area contributed by atoms with E-state index >= 15 is 0 Å². The van der Waals surface area contributed by atoms with E-state index in [1.54, 1.807) is 11.1 Å². The SMILES string of the molecule is CCCCCC(C)NC1CCCCc2ccccc21. The van der Waals surface area contributed by atoms with Crippen LogP contribution in [0.5, 0.6) is 0 Å².